The van der Waals surface area contributed by atoms with Crippen molar-refractivity contribution in [2.24, 2.45) is 5.92 Å². The molecule has 1 aliphatic heterocycles. The molecular formula is C16H23N3O2. The molecule has 1 aromatic carbocycles. The number of piperazine rings is 1. The molecule has 0 bridgehead atoms. The van der Waals surface area contributed by atoms with Crippen molar-refractivity contribution in [3.05, 3.63) is 29.8 Å². The Bertz CT molecular complexity index is 528. The highest BCUT2D eigenvalue weighted by Crippen LogP contribution is 2.18. The minimum Gasteiger partial charge on any atom is -0.333 e. The Kier molecular flexibility index (Phi) is 4.96. The van der Waals surface area contributed by atoms with Gasteiger partial charge in [-0.1, -0.05) is 19.9 Å². The highest BCUT2D eigenvalue weighted by atomic mass is 16.2. The van der Waals surface area contributed by atoms with Crippen LogP contribution in [0.15, 0.2) is 24.3 Å². The zero-order chi connectivity index (χ0) is 15.4. The first kappa shape index (κ1) is 15.5. The first-order valence-electron chi connectivity index (χ1n) is 7.38. The maximum absolute atomic E-state index is 12.7. The Labute approximate surface area is 125 Å². The molecule has 1 saturated heterocycles. The molecule has 1 atom stereocenters. The average molecular weight is 289 g/mol. The molecule has 1 fully saturated rings. The Hall–Kier alpha value is -1.88. The predicted molar refractivity (Wildman–Crippen MR) is 83.3 cm³/mol. The summed E-state index contributed by atoms with van der Waals surface area (Å²) in [5.41, 5.74) is 1.28. The van der Waals surface area contributed by atoms with Crippen molar-refractivity contribution < 1.29 is 9.59 Å². The molecule has 1 heterocycles. The van der Waals surface area contributed by atoms with Crippen molar-refractivity contribution in [3.63, 3.8) is 0 Å². The van der Waals surface area contributed by atoms with Gasteiger partial charge in [0.1, 0.15) is 0 Å². The van der Waals surface area contributed by atoms with E-state index in [-0.39, 0.29) is 17.9 Å². The van der Waals surface area contributed by atoms with E-state index in [0.29, 0.717) is 23.7 Å². The Morgan fingerprint density at radius 2 is 2.14 bits per heavy atom. The number of hydrogen-bond donors (Lipinski definition) is 2. The van der Waals surface area contributed by atoms with Gasteiger partial charge in [0.25, 0.3) is 5.91 Å². The molecule has 2 amide bonds. The third kappa shape index (κ3) is 3.82. The van der Waals surface area contributed by atoms with E-state index in [9.17, 15) is 9.59 Å². The van der Waals surface area contributed by atoms with Gasteiger partial charge in [0.15, 0.2) is 0 Å². The van der Waals surface area contributed by atoms with E-state index in [4.69, 9.17) is 0 Å². The topological polar surface area (TPSA) is 61.4 Å². The number of benzene rings is 1. The van der Waals surface area contributed by atoms with Crippen LogP contribution in [-0.4, -0.2) is 42.4 Å². The van der Waals surface area contributed by atoms with Crippen molar-refractivity contribution in [2.75, 3.05) is 25.0 Å². The lowest BCUT2D eigenvalue weighted by Gasteiger charge is -2.38. The molecule has 0 aromatic heterocycles. The summed E-state index contributed by atoms with van der Waals surface area (Å²) < 4.78 is 0. The number of rotatable bonds is 3. The van der Waals surface area contributed by atoms with Crippen LogP contribution in [-0.2, 0) is 4.79 Å². The van der Waals surface area contributed by atoms with Crippen LogP contribution in [0.3, 0.4) is 0 Å². The lowest BCUT2D eigenvalue weighted by molar-refractivity contribution is -0.114. The summed E-state index contributed by atoms with van der Waals surface area (Å²) in [6.07, 6.45) is 0. The molecule has 0 radical (unpaired) electrons. The maximum atomic E-state index is 12.7. The third-order valence-electron chi connectivity index (χ3n) is 3.74. The summed E-state index contributed by atoms with van der Waals surface area (Å²) in [6, 6.07) is 7.33. The molecule has 2 N–H and O–H groups in total. The lowest BCUT2D eigenvalue weighted by atomic mass is 9.99. The summed E-state index contributed by atoms with van der Waals surface area (Å²) in [5, 5.41) is 6.05. The number of nitrogens with one attached hydrogen (secondary N) is 2. The average Bonchev–Trinajstić information content (AvgIpc) is 2.46. The van der Waals surface area contributed by atoms with Crippen molar-refractivity contribution >= 4 is 17.5 Å². The third-order valence-corrected chi connectivity index (χ3v) is 3.74. The number of anilines is 1. The smallest absolute Gasteiger partial charge is 0.254 e. The van der Waals surface area contributed by atoms with Gasteiger partial charge in [0.2, 0.25) is 5.91 Å². The van der Waals surface area contributed by atoms with E-state index in [1.54, 1.807) is 24.3 Å². The maximum Gasteiger partial charge on any atom is 0.254 e. The van der Waals surface area contributed by atoms with Crippen LogP contribution in [0.5, 0.6) is 0 Å². The van der Waals surface area contributed by atoms with E-state index in [2.05, 4.69) is 24.5 Å². The summed E-state index contributed by atoms with van der Waals surface area (Å²) >= 11 is 0. The zero-order valence-electron chi connectivity index (χ0n) is 12.8. The van der Waals surface area contributed by atoms with Crippen LogP contribution in [0.4, 0.5) is 5.69 Å². The molecule has 5 heteroatoms. The molecule has 1 unspecified atom stereocenters. The fourth-order valence-electron chi connectivity index (χ4n) is 2.67. The number of carbonyl (C=O) groups is 2. The molecule has 5 nitrogen and oxygen atoms in total. The predicted octanol–water partition coefficient (Wildman–Crippen LogP) is 1.71. The highest BCUT2D eigenvalue weighted by molar-refractivity contribution is 5.97. The number of carbonyl (C=O) groups excluding carboxylic acids is 2. The van der Waals surface area contributed by atoms with E-state index in [1.165, 1.54) is 6.92 Å². The fraction of sp³-hybridized carbons (Fsp3) is 0.500. The highest BCUT2D eigenvalue weighted by Gasteiger charge is 2.29. The molecule has 21 heavy (non-hydrogen) atoms. The van der Waals surface area contributed by atoms with Crippen molar-refractivity contribution in [1.29, 1.82) is 0 Å². The Balaban J connectivity index is 2.20. The van der Waals surface area contributed by atoms with E-state index >= 15 is 0 Å². The van der Waals surface area contributed by atoms with Crippen LogP contribution in [0.2, 0.25) is 0 Å². The zero-order valence-corrected chi connectivity index (χ0v) is 12.8. The Morgan fingerprint density at radius 3 is 2.81 bits per heavy atom. The summed E-state index contributed by atoms with van der Waals surface area (Å²) in [6.45, 7) is 8.08. The van der Waals surface area contributed by atoms with Crippen molar-refractivity contribution in [2.45, 2.75) is 26.8 Å². The molecule has 0 aliphatic carbocycles. The van der Waals surface area contributed by atoms with Crippen LogP contribution in [0, 0.1) is 5.92 Å². The van der Waals surface area contributed by atoms with Gasteiger partial charge >= 0.3 is 0 Å². The second kappa shape index (κ2) is 6.72. The molecule has 114 valence electrons. The summed E-state index contributed by atoms with van der Waals surface area (Å²) in [5.74, 6) is 0.296. The quantitative estimate of drug-likeness (QED) is 0.890. The van der Waals surface area contributed by atoms with Gasteiger partial charge in [-0.05, 0) is 24.1 Å². The fourth-order valence-corrected chi connectivity index (χ4v) is 2.67. The van der Waals surface area contributed by atoms with Gasteiger partial charge in [0.05, 0.1) is 0 Å². The standard InChI is InChI=1S/C16H23N3O2/c1-11(2)15-10-17-7-8-19(15)16(21)13-5-4-6-14(9-13)18-12(3)20/h4-6,9,11,15,17H,7-8,10H2,1-3H3,(H,18,20). The van der Waals surface area contributed by atoms with Gasteiger partial charge < -0.3 is 15.5 Å². The Morgan fingerprint density at radius 1 is 1.38 bits per heavy atom. The number of hydrogen-bond acceptors (Lipinski definition) is 3. The van der Waals surface area contributed by atoms with Gasteiger partial charge in [-0.3, -0.25) is 9.59 Å². The van der Waals surface area contributed by atoms with Crippen LogP contribution in [0.25, 0.3) is 0 Å². The minimum absolute atomic E-state index is 0.0300. The molecule has 2 rings (SSSR count). The number of nitrogens with zero attached hydrogens (tertiary/aromatic N) is 1. The minimum atomic E-state index is -0.137. The monoisotopic (exact) mass is 289 g/mol. The van der Waals surface area contributed by atoms with Crippen molar-refractivity contribution in [1.82, 2.24) is 10.2 Å². The van der Waals surface area contributed by atoms with E-state index in [1.807, 2.05) is 4.90 Å². The van der Waals surface area contributed by atoms with Gasteiger partial charge in [-0.2, -0.15) is 0 Å². The van der Waals surface area contributed by atoms with Crippen LogP contribution in [0.1, 0.15) is 31.1 Å². The second-order valence-electron chi connectivity index (χ2n) is 5.78. The molecule has 1 aliphatic rings. The normalized spacial score (nSPS) is 18.7. The molecule has 0 spiro atoms. The van der Waals surface area contributed by atoms with Gasteiger partial charge in [-0.25, -0.2) is 0 Å². The van der Waals surface area contributed by atoms with Crippen LogP contribution < -0.4 is 10.6 Å². The first-order valence-corrected chi connectivity index (χ1v) is 7.38. The van der Waals surface area contributed by atoms with Crippen LogP contribution >= 0.6 is 0 Å². The lowest BCUT2D eigenvalue weighted by Crippen LogP contribution is -2.55. The van der Waals surface area contributed by atoms with Gasteiger partial charge in [0, 0.05) is 43.9 Å². The number of amides is 2. The summed E-state index contributed by atoms with van der Waals surface area (Å²) in [7, 11) is 0. The van der Waals surface area contributed by atoms with E-state index in [0.717, 1.165) is 13.1 Å². The summed E-state index contributed by atoms with van der Waals surface area (Å²) in [4.78, 5) is 25.8. The first-order chi connectivity index (χ1) is 9.99. The van der Waals surface area contributed by atoms with Gasteiger partial charge in [-0.15, -0.1) is 0 Å². The van der Waals surface area contributed by atoms with Crippen molar-refractivity contribution in [3.8, 4) is 0 Å². The second-order valence-corrected chi connectivity index (χ2v) is 5.78. The van der Waals surface area contributed by atoms with E-state index < -0.39 is 0 Å². The SMILES string of the molecule is CC(=O)Nc1cccc(C(=O)N2CCNCC2C(C)C)c1. The molecular weight excluding hydrogens is 266 g/mol. The molecule has 1 aromatic rings. The largest absolute Gasteiger partial charge is 0.333 e. The molecule has 0 saturated carbocycles.